The van der Waals surface area contributed by atoms with Crippen LogP contribution in [0.25, 0.3) is 0 Å². The third-order valence-electron chi connectivity index (χ3n) is 2.48. The van der Waals surface area contributed by atoms with Gasteiger partial charge in [-0.2, -0.15) is 0 Å². The lowest BCUT2D eigenvalue weighted by molar-refractivity contribution is 0.102. The van der Waals surface area contributed by atoms with Gasteiger partial charge in [0, 0.05) is 18.2 Å². The number of aliphatic hydroxyl groups excluding tert-OH is 1. The molecule has 0 atom stereocenters. The Morgan fingerprint density at radius 3 is 2.85 bits per heavy atom. The summed E-state index contributed by atoms with van der Waals surface area (Å²) >= 11 is 0. The molecule has 20 heavy (non-hydrogen) atoms. The van der Waals surface area contributed by atoms with Crippen molar-refractivity contribution in [1.29, 1.82) is 0 Å². The van der Waals surface area contributed by atoms with Gasteiger partial charge in [-0.15, -0.1) is 0 Å². The predicted molar refractivity (Wildman–Crippen MR) is 74.4 cm³/mol. The van der Waals surface area contributed by atoms with Crippen LogP contribution in [0.1, 0.15) is 22.5 Å². The Kier molecular flexibility index (Phi) is 4.37. The van der Waals surface area contributed by atoms with Gasteiger partial charge < -0.3 is 20.4 Å². The minimum atomic E-state index is -0.439. The number of amides is 1. The van der Waals surface area contributed by atoms with Gasteiger partial charge >= 0.3 is 5.69 Å². The molecule has 4 N–H and O–H groups in total. The third kappa shape index (κ3) is 3.37. The van der Waals surface area contributed by atoms with E-state index in [2.05, 4.69) is 27.1 Å². The number of aromatic nitrogens is 2. The summed E-state index contributed by atoms with van der Waals surface area (Å²) in [5.74, 6) is 5.23. The molecule has 0 bridgehead atoms. The molecule has 0 spiro atoms. The van der Waals surface area contributed by atoms with Crippen molar-refractivity contribution in [3.8, 4) is 11.8 Å². The maximum absolute atomic E-state index is 11.9. The van der Waals surface area contributed by atoms with Crippen LogP contribution in [-0.2, 0) is 0 Å². The Balaban J connectivity index is 2.19. The molecule has 0 aliphatic rings. The van der Waals surface area contributed by atoms with E-state index >= 15 is 0 Å². The highest BCUT2D eigenvalue weighted by atomic mass is 16.2. The van der Waals surface area contributed by atoms with Gasteiger partial charge in [0.25, 0.3) is 5.91 Å². The summed E-state index contributed by atoms with van der Waals surface area (Å²) in [6, 6.07) is 7.05. The number of carbonyl (C=O) groups excluding carboxylic acids is 1. The van der Waals surface area contributed by atoms with Crippen LogP contribution >= 0.6 is 0 Å². The lowest BCUT2D eigenvalue weighted by atomic mass is 10.1. The molecule has 0 saturated heterocycles. The molecule has 1 heterocycles. The number of para-hydroxylation sites is 1. The molecule has 0 fully saturated rings. The fourth-order valence-corrected chi connectivity index (χ4v) is 1.56. The number of hydrogen-bond acceptors (Lipinski definition) is 3. The normalized spacial score (nSPS) is 9.65. The average molecular weight is 271 g/mol. The van der Waals surface area contributed by atoms with Gasteiger partial charge in [0.05, 0.1) is 12.3 Å². The van der Waals surface area contributed by atoms with Crippen LogP contribution in [0, 0.1) is 11.8 Å². The summed E-state index contributed by atoms with van der Waals surface area (Å²) < 4.78 is 0. The molecule has 6 heteroatoms. The van der Waals surface area contributed by atoms with E-state index in [9.17, 15) is 9.59 Å². The number of aromatic amines is 2. The van der Waals surface area contributed by atoms with E-state index in [1.54, 1.807) is 24.3 Å². The first-order valence-electron chi connectivity index (χ1n) is 5.98. The Hall–Kier alpha value is -2.78. The van der Waals surface area contributed by atoms with Gasteiger partial charge in [-0.1, -0.05) is 24.0 Å². The van der Waals surface area contributed by atoms with Crippen LogP contribution < -0.4 is 11.0 Å². The van der Waals surface area contributed by atoms with Gasteiger partial charge in [0.15, 0.2) is 0 Å². The molecule has 102 valence electrons. The Bertz CT molecular complexity index is 719. The highest BCUT2D eigenvalue weighted by Crippen LogP contribution is 2.14. The van der Waals surface area contributed by atoms with E-state index in [0.29, 0.717) is 17.7 Å². The minimum absolute atomic E-state index is 0.00782. The second-order valence-corrected chi connectivity index (χ2v) is 3.93. The zero-order valence-corrected chi connectivity index (χ0v) is 10.6. The summed E-state index contributed by atoms with van der Waals surface area (Å²) in [7, 11) is 0. The van der Waals surface area contributed by atoms with Gasteiger partial charge in [-0.05, 0) is 12.1 Å². The van der Waals surface area contributed by atoms with Crippen molar-refractivity contribution in [3.05, 3.63) is 52.2 Å². The van der Waals surface area contributed by atoms with Crippen LogP contribution in [0.4, 0.5) is 5.69 Å². The average Bonchev–Trinajstić information content (AvgIpc) is 2.88. The Morgan fingerprint density at radius 2 is 2.15 bits per heavy atom. The predicted octanol–water partition coefficient (Wildman–Crippen LogP) is 0.689. The molecule has 0 aliphatic carbocycles. The summed E-state index contributed by atoms with van der Waals surface area (Å²) in [5, 5.41) is 11.4. The SMILES string of the molecule is O=C(Nc1ccccc1C#CCCO)c1c[nH]c(=O)[nH]1. The molecule has 0 radical (unpaired) electrons. The van der Waals surface area contributed by atoms with Crippen molar-refractivity contribution in [2.75, 3.05) is 11.9 Å². The van der Waals surface area contributed by atoms with Gasteiger partial charge in [0.1, 0.15) is 5.69 Å². The molecule has 2 aromatic rings. The summed E-state index contributed by atoms with van der Waals surface area (Å²) in [6.45, 7) is -0.00782. The van der Waals surface area contributed by atoms with E-state index in [-0.39, 0.29) is 12.3 Å². The maximum atomic E-state index is 11.9. The van der Waals surface area contributed by atoms with Crippen LogP contribution in [-0.4, -0.2) is 27.6 Å². The van der Waals surface area contributed by atoms with E-state index in [1.807, 2.05) is 0 Å². The number of nitrogens with one attached hydrogen (secondary N) is 3. The third-order valence-corrected chi connectivity index (χ3v) is 2.48. The van der Waals surface area contributed by atoms with Crippen molar-refractivity contribution in [3.63, 3.8) is 0 Å². The van der Waals surface area contributed by atoms with Crippen molar-refractivity contribution in [1.82, 2.24) is 9.97 Å². The first-order valence-corrected chi connectivity index (χ1v) is 5.98. The number of aliphatic hydroxyl groups is 1. The Morgan fingerprint density at radius 1 is 1.35 bits per heavy atom. The first-order chi connectivity index (χ1) is 9.70. The van der Waals surface area contributed by atoms with Crippen molar-refractivity contribution < 1.29 is 9.90 Å². The minimum Gasteiger partial charge on any atom is -0.395 e. The number of anilines is 1. The maximum Gasteiger partial charge on any atom is 0.323 e. The molecule has 2 rings (SSSR count). The molecular formula is C14H13N3O3. The molecule has 6 nitrogen and oxygen atoms in total. The Labute approximate surface area is 114 Å². The smallest absolute Gasteiger partial charge is 0.323 e. The van der Waals surface area contributed by atoms with Gasteiger partial charge in [-0.25, -0.2) is 4.79 Å². The van der Waals surface area contributed by atoms with E-state index in [1.165, 1.54) is 6.20 Å². The number of imidazole rings is 1. The monoisotopic (exact) mass is 271 g/mol. The van der Waals surface area contributed by atoms with Crippen LogP contribution in [0.3, 0.4) is 0 Å². The zero-order valence-electron chi connectivity index (χ0n) is 10.6. The number of rotatable bonds is 3. The lowest BCUT2D eigenvalue weighted by Gasteiger charge is -2.05. The highest BCUT2D eigenvalue weighted by Gasteiger charge is 2.09. The largest absolute Gasteiger partial charge is 0.395 e. The van der Waals surface area contributed by atoms with Gasteiger partial charge in [0.2, 0.25) is 0 Å². The second kappa shape index (κ2) is 6.41. The number of H-pyrrole nitrogens is 2. The standard InChI is InChI=1S/C14H13N3O3/c18-8-4-3-6-10-5-1-2-7-11(10)16-13(19)12-9-15-14(20)17-12/h1-2,5,7,9,18H,4,8H2,(H,16,19)(H2,15,17,20). The fraction of sp³-hybridized carbons (Fsp3) is 0.143. The summed E-state index contributed by atoms with van der Waals surface area (Å²) in [5.41, 5.74) is 0.900. The molecule has 1 amide bonds. The number of hydrogen-bond donors (Lipinski definition) is 4. The number of benzene rings is 1. The first kappa shape index (κ1) is 13.6. The lowest BCUT2D eigenvalue weighted by Crippen LogP contribution is -2.14. The van der Waals surface area contributed by atoms with Crippen molar-refractivity contribution in [2.45, 2.75) is 6.42 Å². The quantitative estimate of drug-likeness (QED) is 0.618. The molecule has 1 aromatic carbocycles. The number of carbonyl (C=O) groups is 1. The molecular weight excluding hydrogens is 258 g/mol. The van der Waals surface area contributed by atoms with E-state index < -0.39 is 11.6 Å². The molecule has 0 saturated carbocycles. The molecule has 0 aliphatic heterocycles. The molecule has 1 aromatic heterocycles. The van der Waals surface area contributed by atoms with Crippen molar-refractivity contribution >= 4 is 11.6 Å². The van der Waals surface area contributed by atoms with Crippen LogP contribution in [0.2, 0.25) is 0 Å². The zero-order chi connectivity index (χ0) is 14.4. The van der Waals surface area contributed by atoms with Crippen molar-refractivity contribution in [2.24, 2.45) is 0 Å². The summed E-state index contributed by atoms with van der Waals surface area (Å²) in [6.07, 6.45) is 1.67. The van der Waals surface area contributed by atoms with E-state index in [0.717, 1.165) is 0 Å². The summed E-state index contributed by atoms with van der Waals surface area (Å²) in [4.78, 5) is 27.6. The van der Waals surface area contributed by atoms with Gasteiger partial charge in [-0.3, -0.25) is 4.79 Å². The second-order valence-electron chi connectivity index (χ2n) is 3.93. The van der Waals surface area contributed by atoms with E-state index in [4.69, 9.17) is 5.11 Å². The van der Waals surface area contributed by atoms with Crippen LogP contribution in [0.15, 0.2) is 35.3 Å². The topological polar surface area (TPSA) is 98.0 Å². The van der Waals surface area contributed by atoms with Crippen LogP contribution in [0.5, 0.6) is 0 Å². The fourth-order valence-electron chi connectivity index (χ4n) is 1.56. The molecule has 0 unspecified atom stereocenters. The highest BCUT2D eigenvalue weighted by molar-refractivity contribution is 6.03.